The Morgan fingerprint density at radius 2 is 1.93 bits per heavy atom. The molecule has 1 saturated heterocycles. The molecule has 0 saturated carbocycles. The van der Waals surface area contributed by atoms with E-state index in [1.54, 1.807) is 38.1 Å². The van der Waals surface area contributed by atoms with E-state index >= 15 is 0 Å². The van der Waals surface area contributed by atoms with E-state index < -0.39 is 30.8 Å². The molecule has 30 heavy (non-hydrogen) atoms. The molecule has 0 bridgehead atoms. The average molecular weight is 417 g/mol. The molecule has 0 aliphatic carbocycles. The van der Waals surface area contributed by atoms with Crippen molar-refractivity contribution in [3.63, 3.8) is 0 Å². The molecule has 8 heteroatoms. The summed E-state index contributed by atoms with van der Waals surface area (Å²) in [6.45, 7) is 4.61. The Bertz CT molecular complexity index is 863. The van der Waals surface area contributed by atoms with Gasteiger partial charge in [0.1, 0.15) is 23.5 Å². The molecule has 3 rings (SSSR count). The van der Waals surface area contributed by atoms with Crippen molar-refractivity contribution in [2.45, 2.75) is 52.0 Å². The van der Waals surface area contributed by atoms with E-state index in [0.717, 1.165) is 0 Å². The number of cyclic esters (lactones) is 1. The van der Waals surface area contributed by atoms with Crippen LogP contribution in [0.1, 0.15) is 43.1 Å². The summed E-state index contributed by atoms with van der Waals surface area (Å²) in [5.74, 6) is -1.45. The maximum atomic E-state index is 12.8. The number of fused-ring (bicyclic) bond motifs is 2. The fourth-order valence-electron chi connectivity index (χ4n) is 3.37. The molecule has 0 spiro atoms. The van der Waals surface area contributed by atoms with Crippen LogP contribution in [0.3, 0.4) is 0 Å². The normalized spacial score (nSPS) is 31.8. The number of ketones is 1. The second kappa shape index (κ2) is 9.42. The van der Waals surface area contributed by atoms with E-state index in [1.165, 1.54) is 12.1 Å². The van der Waals surface area contributed by atoms with Crippen LogP contribution in [0.2, 0.25) is 0 Å². The van der Waals surface area contributed by atoms with E-state index in [-0.39, 0.29) is 29.4 Å². The molecule has 1 unspecified atom stereocenters. The number of hydrogen-bond acceptors (Lipinski definition) is 8. The first-order valence-electron chi connectivity index (χ1n) is 9.99. The Labute approximate surface area is 175 Å². The standard InChI is InChI=1S/C22H27NO7/c1-4-23-15-10-14-6-5-7-18-20(30-22(27)29-18)16(24)9-8-12(2)13(3)28-21(26)19(14)17(25)11-15/h5-6,8-13,18,20,22-23,25,27H,4,7H2,1-3H3/b6-5+,9-8-/t12-,13+,18+,20-,22?/m1/s1. The predicted molar refractivity (Wildman–Crippen MR) is 110 cm³/mol. The second-order valence-corrected chi connectivity index (χ2v) is 7.40. The average Bonchev–Trinajstić information content (AvgIpc) is 3.05. The van der Waals surface area contributed by atoms with Gasteiger partial charge in [-0.1, -0.05) is 25.2 Å². The van der Waals surface area contributed by atoms with Crippen molar-refractivity contribution in [3.05, 3.63) is 41.5 Å². The molecule has 0 aromatic heterocycles. The molecule has 1 aromatic carbocycles. The highest BCUT2D eigenvalue weighted by Gasteiger charge is 2.38. The summed E-state index contributed by atoms with van der Waals surface area (Å²) in [6.07, 6.45) is 4.45. The lowest BCUT2D eigenvalue weighted by Crippen LogP contribution is -2.30. The molecular weight excluding hydrogens is 390 g/mol. The van der Waals surface area contributed by atoms with Gasteiger partial charge < -0.3 is 29.7 Å². The summed E-state index contributed by atoms with van der Waals surface area (Å²) < 4.78 is 16.1. The summed E-state index contributed by atoms with van der Waals surface area (Å²) in [7, 11) is 0. The number of anilines is 1. The fourth-order valence-corrected chi connectivity index (χ4v) is 3.37. The van der Waals surface area contributed by atoms with Crippen LogP contribution in [0, 0.1) is 5.92 Å². The van der Waals surface area contributed by atoms with Crippen LogP contribution in [-0.4, -0.2) is 53.3 Å². The van der Waals surface area contributed by atoms with Crippen molar-refractivity contribution >= 4 is 23.5 Å². The lowest BCUT2D eigenvalue weighted by atomic mass is 9.99. The van der Waals surface area contributed by atoms with Crippen LogP contribution in [0.25, 0.3) is 6.08 Å². The van der Waals surface area contributed by atoms with E-state index in [9.17, 15) is 19.8 Å². The van der Waals surface area contributed by atoms with Crippen molar-refractivity contribution in [1.82, 2.24) is 0 Å². The zero-order chi connectivity index (χ0) is 21.8. The monoisotopic (exact) mass is 417 g/mol. The lowest BCUT2D eigenvalue weighted by molar-refractivity contribution is -0.209. The summed E-state index contributed by atoms with van der Waals surface area (Å²) in [5.41, 5.74) is 1.18. The SMILES string of the molecule is CCNc1cc(O)c2c(c1)/C=C/C[C@@H]1OC(O)O[C@@H]1C(=O)/C=C\[C@@H](C)[C@H](C)OC2=O. The maximum absolute atomic E-state index is 12.8. The van der Waals surface area contributed by atoms with Gasteiger partial charge in [0.2, 0.25) is 0 Å². The molecule has 8 nitrogen and oxygen atoms in total. The number of aliphatic hydroxyl groups excluding tert-OH is 1. The molecule has 1 fully saturated rings. The number of hydrogen-bond donors (Lipinski definition) is 3. The predicted octanol–water partition coefficient (Wildman–Crippen LogP) is 2.61. The number of nitrogens with one attached hydrogen (secondary N) is 1. The lowest BCUT2D eigenvalue weighted by Gasteiger charge is -2.20. The summed E-state index contributed by atoms with van der Waals surface area (Å²) in [6, 6.07) is 3.22. The van der Waals surface area contributed by atoms with E-state index in [2.05, 4.69) is 5.32 Å². The van der Waals surface area contributed by atoms with Gasteiger partial charge in [-0.05, 0) is 38.0 Å². The first kappa shape index (κ1) is 22.0. The number of benzene rings is 1. The Balaban J connectivity index is 2.02. The van der Waals surface area contributed by atoms with Gasteiger partial charge in [-0.3, -0.25) is 4.79 Å². The quantitative estimate of drug-likeness (QED) is 0.629. The van der Waals surface area contributed by atoms with E-state index in [1.807, 2.05) is 6.92 Å². The Morgan fingerprint density at radius 1 is 1.17 bits per heavy atom. The molecule has 2 heterocycles. The van der Waals surface area contributed by atoms with E-state index in [4.69, 9.17) is 14.2 Å². The van der Waals surface area contributed by atoms with Gasteiger partial charge in [-0.2, -0.15) is 0 Å². The molecule has 0 amide bonds. The first-order valence-corrected chi connectivity index (χ1v) is 9.99. The zero-order valence-electron chi connectivity index (χ0n) is 17.2. The number of aliphatic hydroxyl groups is 1. The number of rotatable bonds is 2. The zero-order valence-corrected chi connectivity index (χ0v) is 17.2. The topological polar surface area (TPSA) is 114 Å². The number of phenols is 1. The highest BCUT2D eigenvalue weighted by molar-refractivity contribution is 5.98. The number of esters is 1. The highest BCUT2D eigenvalue weighted by atomic mass is 16.8. The van der Waals surface area contributed by atoms with Gasteiger partial charge >= 0.3 is 5.97 Å². The first-order chi connectivity index (χ1) is 14.3. The van der Waals surface area contributed by atoms with Crippen molar-refractivity contribution in [2.24, 2.45) is 5.92 Å². The molecule has 162 valence electrons. The van der Waals surface area contributed by atoms with Gasteiger partial charge in [0.05, 0.1) is 0 Å². The number of ether oxygens (including phenoxy) is 3. The number of phenolic OH excluding ortho intramolecular Hbond substituents is 1. The molecule has 5 atom stereocenters. The molecular formula is C22H27NO7. The second-order valence-electron chi connectivity index (χ2n) is 7.40. The van der Waals surface area contributed by atoms with Crippen LogP contribution >= 0.6 is 0 Å². The van der Waals surface area contributed by atoms with Gasteiger partial charge in [-0.15, -0.1) is 0 Å². The van der Waals surface area contributed by atoms with Crippen molar-refractivity contribution < 1.29 is 34.0 Å². The molecule has 1 aromatic rings. The Morgan fingerprint density at radius 3 is 2.67 bits per heavy atom. The van der Waals surface area contributed by atoms with E-state index in [0.29, 0.717) is 17.8 Å². The van der Waals surface area contributed by atoms with Crippen LogP contribution < -0.4 is 5.32 Å². The van der Waals surface area contributed by atoms with Crippen molar-refractivity contribution in [2.75, 3.05) is 11.9 Å². The molecule has 2 aliphatic heterocycles. The summed E-state index contributed by atoms with van der Waals surface area (Å²) >= 11 is 0. The van der Waals surface area contributed by atoms with Gasteiger partial charge in [0.15, 0.2) is 11.9 Å². The fraction of sp³-hybridized carbons (Fsp3) is 0.455. The van der Waals surface area contributed by atoms with Gasteiger partial charge in [-0.25, -0.2) is 4.79 Å². The van der Waals surface area contributed by atoms with Crippen LogP contribution in [-0.2, 0) is 19.0 Å². The van der Waals surface area contributed by atoms with Crippen molar-refractivity contribution in [3.8, 4) is 5.75 Å². The molecule has 3 N–H and O–H groups in total. The van der Waals surface area contributed by atoms with Crippen molar-refractivity contribution in [1.29, 1.82) is 0 Å². The Kier molecular flexibility index (Phi) is 6.91. The summed E-state index contributed by atoms with van der Waals surface area (Å²) in [4.78, 5) is 25.3. The third kappa shape index (κ3) is 4.89. The van der Waals surface area contributed by atoms with Crippen LogP contribution in [0.5, 0.6) is 5.75 Å². The Hall–Kier alpha value is -2.68. The minimum Gasteiger partial charge on any atom is -0.507 e. The smallest absolute Gasteiger partial charge is 0.342 e. The van der Waals surface area contributed by atoms with Crippen LogP contribution in [0.4, 0.5) is 5.69 Å². The number of carbonyl (C=O) groups is 2. The minimum atomic E-state index is -1.47. The third-order valence-corrected chi connectivity index (χ3v) is 5.17. The largest absolute Gasteiger partial charge is 0.507 e. The number of aromatic hydroxyl groups is 1. The molecule has 2 aliphatic rings. The highest BCUT2D eigenvalue weighted by Crippen LogP contribution is 2.30. The minimum absolute atomic E-state index is 0.0595. The van der Waals surface area contributed by atoms with Gasteiger partial charge in [0.25, 0.3) is 6.48 Å². The van der Waals surface area contributed by atoms with Gasteiger partial charge in [0, 0.05) is 24.2 Å². The number of carbonyl (C=O) groups excluding carboxylic acids is 2. The maximum Gasteiger partial charge on any atom is 0.342 e. The third-order valence-electron chi connectivity index (χ3n) is 5.17. The molecule has 0 radical (unpaired) electrons. The summed E-state index contributed by atoms with van der Waals surface area (Å²) in [5, 5.41) is 23.3. The van der Waals surface area contributed by atoms with Crippen LogP contribution in [0.15, 0.2) is 30.4 Å².